The van der Waals surface area contributed by atoms with Gasteiger partial charge in [-0.2, -0.15) is 0 Å². The molecule has 0 aliphatic heterocycles. The first kappa shape index (κ1) is 53.1. The van der Waals surface area contributed by atoms with Crippen LogP contribution < -0.4 is 32.4 Å². The van der Waals surface area contributed by atoms with Crippen LogP contribution in [0, 0.1) is 0 Å². The second-order valence-corrected chi connectivity index (χ2v) is 21.0. The molecule has 0 saturated heterocycles. The fourth-order valence-electron chi connectivity index (χ4n) is 9.23. The summed E-state index contributed by atoms with van der Waals surface area (Å²) in [7, 11) is 0. The van der Waals surface area contributed by atoms with E-state index in [1.54, 1.807) is 13.8 Å². The van der Waals surface area contributed by atoms with Crippen LogP contribution in [0.4, 0.5) is 0 Å². The number of fused-ring (bicyclic) bond motifs is 2. The molecule has 2 aliphatic carbocycles. The maximum atomic E-state index is 12.2. The Kier molecular flexibility index (Phi) is 18.9. The number of allylic oxidation sites excluding steroid dienone is 2. The zero-order valence-corrected chi connectivity index (χ0v) is 42.4. The average molecular weight is 941 g/mol. The molecule has 0 aromatic heterocycles. The van der Waals surface area contributed by atoms with E-state index in [0.717, 1.165) is 88.5 Å². The minimum absolute atomic E-state index is 0.00390. The van der Waals surface area contributed by atoms with Gasteiger partial charge in [-0.3, -0.25) is 9.59 Å². The normalized spacial score (nSPS) is 17.0. The van der Waals surface area contributed by atoms with Crippen LogP contribution in [0.3, 0.4) is 0 Å². The Balaban J connectivity index is 1.17. The van der Waals surface area contributed by atoms with Gasteiger partial charge in [-0.05, 0) is 188 Å². The average Bonchev–Trinajstić information content (AvgIpc) is 3.66. The van der Waals surface area contributed by atoms with E-state index in [2.05, 4.69) is 125 Å². The maximum Gasteiger partial charge on any atom is 0.327 e. The van der Waals surface area contributed by atoms with Crippen molar-refractivity contribution in [2.24, 2.45) is 22.9 Å². The molecule has 10 nitrogen and oxygen atoms in total. The second-order valence-electron chi connectivity index (χ2n) is 21.0. The molecule has 4 atom stereocenters. The van der Waals surface area contributed by atoms with Gasteiger partial charge in [-0.1, -0.05) is 101 Å². The monoisotopic (exact) mass is 941 g/mol. The van der Waals surface area contributed by atoms with E-state index >= 15 is 0 Å². The van der Waals surface area contributed by atoms with Gasteiger partial charge in [0.2, 0.25) is 0 Å². The van der Waals surface area contributed by atoms with Crippen LogP contribution >= 0.6 is 0 Å². The molecule has 0 amide bonds. The minimum Gasteiger partial charge on any atom is -0.494 e. The highest BCUT2D eigenvalue weighted by molar-refractivity contribution is 5.86. The molecule has 2 aliphatic rings. The molecule has 10 heteroatoms. The molecule has 0 heterocycles. The lowest BCUT2D eigenvalue weighted by atomic mass is 9.78. The number of hydrogen-bond acceptors (Lipinski definition) is 10. The standard InChI is InChI=1S/C59H80N4O6/c1-41(33-46-22-21-44(42-17-10-7-11-18-42)34-48-37-51(26-28-53(46)48)67-30-13-9-15-32-69-56(65)59(6,63)40-61)52-27-24-49(57(2,3)4)38-54(52)45-20-16-19-43-23-25-50(36-47(43)35-45)66-29-12-8-14-31-68-55(64)58(5,62)39-60/h7,10-11,17-18,23-28,34-38,41,46H,8-9,12-16,19-22,29-33,39-40,60-63H2,1-6H3. The number of carbonyl (C=O) groups excluding carboxylic acids is 2. The quantitative estimate of drug-likeness (QED) is 0.0414. The summed E-state index contributed by atoms with van der Waals surface area (Å²) in [5.74, 6) is 1.47. The number of aryl methyl sites for hydroxylation is 1. The van der Waals surface area contributed by atoms with E-state index in [-0.39, 0.29) is 18.5 Å². The van der Waals surface area contributed by atoms with Crippen LogP contribution in [0.5, 0.6) is 11.5 Å². The predicted molar refractivity (Wildman–Crippen MR) is 282 cm³/mol. The highest BCUT2D eigenvalue weighted by Crippen LogP contribution is 2.44. The zero-order chi connectivity index (χ0) is 49.6. The first-order valence-electron chi connectivity index (χ1n) is 25.4. The molecule has 4 aromatic rings. The molecule has 4 aromatic carbocycles. The third-order valence-corrected chi connectivity index (χ3v) is 13.9. The van der Waals surface area contributed by atoms with Gasteiger partial charge in [-0.15, -0.1) is 0 Å². The van der Waals surface area contributed by atoms with Crippen LogP contribution in [-0.4, -0.2) is 62.5 Å². The third kappa shape index (κ3) is 14.9. The van der Waals surface area contributed by atoms with Crippen molar-refractivity contribution in [3.8, 4) is 11.5 Å². The highest BCUT2D eigenvalue weighted by atomic mass is 16.5. The van der Waals surface area contributed by atoms with Gasteiger partial charge in [0.1, 0.15) is 22.6 Å². The van der Waals surface area contributed by atoms with Crippen molar-refractivity contribution in [2.45, 2.75) is 147 Å². The van der Waals surface area contributed by atoms with Gasteiger partial charge in [-0.25, -0.2) is 0 Å². The van der Waals surface area contributed by atoms with Crippen LogP contribution in [0.25, 0.3) is 23.3 Å². The van der Waals surface area contributed by atoms with Crippen molar-refractivity contribution < 1.29 is 28.5 Å². The van der Waals surface area contributed by atoms with Crippen molar-refractivity contribution in [3.63, 3.8) is 0 Å². The fraction of sp³-hybridized carbons (Fsp3) is 0.492. The lowest BCUT2D eigenvalue weighted by molar-refractivity contribution is -0.150. The van der Waals surface area contributed by atoms with E-state index in [9.17, 15) is 9.59 Å². The molecule has 0 spiro atoms. The zero-order valence-electron chi connectivity index (χ0n) is 42.4. The topological polar surface area (TPSA) is 175 Å². The number of esters is 2. The highest BCUT2D eigenvalue weighted by Gasteiger charge is 2.30. The molecule has 0 radical (unpaired) electrons. The summed E-state index contributed by atoms with van der Waals surface area (Å²) >= 11 is 0. The Morgan fingerprint density at radius 2 is 1.22 bits per heavy atom. The van der Waals surface area contributed by atoms with Crippen LogP contribution in [0.2, 0.25) is 0 Å². The number of rotatable bonds is 23. The van der Waals surface area contributed by atoms with Crippen molar-refractivity contribution in [2.75, 3.05) is 39.5 Å². The van der Waals surface area contributed by atoms with E-state index < -0.39 is 23.0 Å². The van der Waals surface area contributed by atoms with Crippen LogP contribution in [0.1, 0.15) is 169 Å². The Labute approximate surface area is 412 Å². The summed E-state index contributed by atoms with van der Waals surface area (Å²) in [5, 5.41) is 0. The Morgan fingerprint density at radius 3 is 1.83 bits per heavy atom. The minimum atomic E-state index is -1.16. The number of unbranched alkanes of at least 4 members (excludes halogenated alkanes) is 4. The summed E-state index contributed by atoms with van der Waals surface area (Å²) in [6, 6.07) is 31.3. The molecule has 0 saturated carbocycles. The lowest BCUT2D eigenvalue weighted by Crippen LogP contribution is -2.52. The maximum absolute atomic E-state index is 12.2. The first-order chi connectivity index (χ1) is 33.0. The smallest absolute Gasteiger partial charge is 0.327 e. The van der Waals surface area contributed by atoms with Gasteiger partial charge in [0.15, 0.2) is 0 Å². The molecule has 372 valence electrons. The van der Waals surface area contributed by atoms with E-state index in [1.165, 1.54) is 55.7 Å². The third-order valence-electron chi connectivity index (χ3n) is 13.9. The Morgan fingerprint density at radius 1 is 0.638 bits per heavy atom. The molecule has 0 fully saturated rings. The summed E-state index contributed by atoms with van der Waals surface area (Å²) in [4.78, 5) is 24.3. The van der Waals surface area contributed by atoms with Gasteiger partial charge >= 0.3 is 11.9 Å². The largest absolute Gasteiger partial charge is 0.494 e. The predicted octanol–water partition coefficient (Wildman–Crippen LogP) is 11.0. The van der Waals surface area contributed by atoms with Crippen LogP contribution in [0.15, 0.2) is 84.9 Å². The second kappa shape index (κ2) is 24.5. The van der Waals surface area contributed by atoms with Gasteiger partial charge < -0.3 is 41.9 Å². The Hall–Kier alpha value is -5.26. The lowest BCUT2D eigenvalue weighted by Gasteiger charge is -2.27. The van der Waals surface area contributed by atoms with Gasteiger partial charge in [0.25, 0.3) is 0 Å². The summed E-state index contributed by atoms with van der Waals surface area (Å²) in [6.45, 7) is 14.4. The Bertz CT molecular complexity index is 2400. The molecular weight excluding hydrogens is 861 g/mol. The number of benzene rings is 4. The molecule has 8 N–H and O–H groups in total. The summed E-state index contributed by atoms with van der Waals surface area (Å²) in [6.07, 6.45) is 15.9. The van der Waals surface area contributed by atoms with Crippen molar-refractivity contribution in [1.29, 1.82) is 0 Å². The number of ether oxygens (including phenoxy) is 4. The molecule has 0 bridgehead atoms. The van der Waals surface area contributed by atoms with Gasteiger partial charge in [0.05, 0.1) is 26.4 Å². The molecule has 69 heavy (non-hydrogen) atoms. The van der Waals surface area contributed by atoms with E-state index in [1.807, 2.05) is 0 Å². The van der Waals surface area contributed by atoms with Crippen molar-refractivity contribution in [3.05, 3.63) is 129 Å². The van der Waals surface area contributed by atoms with Crippen molar-refractivity contribution in [1.82, 2.24) is 0 Å². The van der Waals surface area contributed by atoms with Crippen LogP contribution in [-0.2, 0) is 30.9 Å². The van der Waals surface area contributed by atoms with Crippen molar-refractivity contribution >= 4 is 35.2 Å². The summed E-state index contributed by atoms with van der Waals surface area (Å²) < 4.78 is 23.3. The molecular formula is C59H80N4O6. The summed E-state index contributed by atoms with van der Waals surface area (Å²) in [5.41, 5.74) is 34.0. The first-order valence-corrected chi connectivity index (χ1v) is 25.4. The fourth-order valence-corrected chi connectivity index (χ4v) is 9.23. The number of nitrogens with two attached hydrogens (primary N) is 4. The number of hydrogen-bond donors (Lipinski definition) is 4. The van der Waals surface area contributed by atoms with E-state index in [4.69, 9.17) is 41.9 Å². The van der Waals surface area contributed by atoms with Gasteiger partial charge in [0, 0.05) is 13.1 Å². The SMILES string of the molecule is CC(CC1CCC(c2ccccc2)=Cc2cc(OCCCCCOC(=O)C(C)(N)CN)ccc21)c1ccc(C(C)(C)C)cc1C1=Cc2cc(OCCCCCOC(=O)C(C)(N)CN)ccc2CCC1. The molecule has 4 unspecified atom stereocenters. The number of carbonyl (C=O) groups is 2. The van der Waals surface area contributed by atoms with E-state index in [0.29, 0.717) is 38.3 Å². The molecule has 6 rings (SSSR count).